The zero-order valence-corrected chi connectivity index (χ0v) is 12.6. The first-order valence-electron chi connectivity index (χ1n) is 7.29. The number of nitrogens with one attached hydrogen (secondary N) is 1. The Bertz CT molecular complexity index is 870. The van der Waals surface area contributed by atoms with E-state index in [4.69, 9.17) is 11.6 Å². The third-order valence-electron chi connectivity index (χ3n) is 4.34. The number of nitrogens with zero attached hydrogens (tertiary/aromatic N) is 1. The number of rotatable bonds is 2. The van der Waals surface area contributed by atoms with Crippen molar-refractivity contribution >= 4 is 22.5 Å². The third-order valence-corrected chi connectivity index (χ3v) is 4.65. The fourth-order valence-electron chi connectivity index (χ4n) is 3.21. The quantitative estimate of drug-likeness (QED) is 0.635. The molecule has 0 aliphatic heterocycles. The van der Waals surface area contributed by atoms with E-state index in [2.05, 4.69) is 28.4 Å². The number of hydrogen-bond acceptors (Lipinski definition) is 3. The normalized spacial score (nSPS) is 14.0. The molecule has 5 heteroatoms. The fraction of sp³-hybridized carbons (Fsp3) is 0.235. The van der Waals surface area contributed by atoms with Crippen molar-refractivity contribution in [3.05, 3.63) is 52.2 Å². The van der Waals surface area contributed by atoms with Crippen LogP contribution in [0.3, 0.4) is 0 Å². The van der Waals surface area contributed by atoms with Crippen LogP contribution in [0.25, 0.3) is 22.0 Å². The molecule has 0 bridgehead atoms. The van der Waals surface area contributed by atoms with Crippen molar-refractivity contribution in [3.63, 3.8) is 0 Å². The molecule has 0 spiro atoms. The molecule has 0 saturated heterocycles. The molecule has 0 fully saturated rings. The Balaban J connectivity index is 1.90. The van der Waals surface area contributed by atoms with Crippen molar-refractivity contribution in [3.8, 4) is 11.1 Å². The molecule has 0 saturated carbocycles. The third kappa shape index (κ3) is 2.11. The van der Waals surface area contributed by atoms with Crippen LogP contribution in [0.15, 0.2) is 30.3 Å². The van der Waals surface area contributed by atoms with Crippen molar-refractivity contribution in [2.45, 2.75) is 25.6 Å². The second kappa shape index (κ2) is 5.09. The number of aromatic nitrogens is 2. The maximum Gasteiger partial charge on any atom is 0.196 e. The zero-order valence-electron chi connectivity index (χ0n) is 11.8. The summed E-state index contributed by atoms with van der Waals surface area (Å²) in [6.07, 6.45) is 1.87. The van der Waals surface area contributed by atoms with Gasteiger partial charge in [0.25, 0.3) is 0 Å². The first kappa shape index (κ1) is 13.8. The van der Waals surface area contributed by atoms with E-state index in [-0.39, 0.29) is 5.69 Å². The molecule has 3 N–H and O–H groups in total. The van der Waals surface area contributed by atoms with Crippen molar-refractivity contribution in [1.29, 1.82) is 0 Å². The van der Waals surface area contributed by atoms with E-state index in [1.54, 1.807) is 6.07 Å². The largest absolute Gasteiger partial charge is 0.363 e. The number of aliphatic hydroxyl groups is 2. The summed E-state index contributed by atoms with van der Waals surface area (Å²) in [5.41, 5.74) is 5.63. The van der Waals surface area contributed by atoms with Crippen LogP contribution in [0.1, 0.15) is 29.5 Å². The lowest BCUT2D eigenvalue weighted by atomic mass is 9.99. The van der Waals surface area contributed by atoms with Crippen molar-refractivity contribution in [1.82, 2.24) is 10.2 Å². The molecule has 0 amide bonds. The van der Waals surface area contributed by atoms with Gasteiger partial charge in [0.1, 0.15) is 0 Å². The fourth-order valence-corrected chi connectivity index (χ4v) is 3.48. The van der Waals surface area contributed by atoms with Gasteiger partial charge in [-0.15, -0.1) is 0 Å². The molecule has 112 valence electrons. The standard InChI is InChI=1S/C17H15ClN2O2/c18-14-8-15-13(16(17(21)22)20-19-15)7-12(14)11-5-4-9-2-1-3-10(9)6-11/h4-8,17,21-22H,1-3H2,(H,19,20). The van der Waals surface area contributed by atoms with Gasteiger partial charge in [0.2, 0.25) is 0 Å². The molecule has 4 nitrogen and oxygen atoms in total. The minimum atomic E-state index is -1.58. The van der Waals surface area contributed by atoms with Gasteiger partial charge in [-0.3, -0.25) is 5.10 Å². The molecule has 1 aromatic heterocycles. The molecule has 1 aliphatic carbocycles. The summed E-state index contributed by atoms with van der Waals surface area (Å²) >= 11 is 6.40. The summed E-state index contributed by atoms with van der Waals surface area (Å²) in [6.45, 7) is 0. The van der Waals surface area contributed by atoms with E-state index in [0.29, 0.717) is 15.9 Å². The Hall–Kier alpha value is -1.88. The number of aliphatic hydroxyl groups excluding tert-OH is 1. The molecule has 0 atom stereocenters. The van der Waals surface area contributed by atoms with Crippen molar-refractivity contribution < 1.29 is 10.2 Å². The molecule has 1 heterocycles. The molecule has 4 rings (SSSR count). The molecule has 1 aliphatic rings. The van der Waals surface area contributed by atoms with E-state index >= 15 is 0 Å². The minimum absolute atomic E-state index is 0.286. The predicted molar refractivity (Wildman–Crippen MR) is 85.7 cm³/mol. The van der Waals surface area contributed by atoms with Gasteiger partial charge >= 0.3 is 0 Å². The van der Waals surface area contributed by atoms with Crippen LogP contribution in [0.5, 0.6) is 0 Å². The van der Waals surface area contributed by atoms with Crippen LogP contribution in [-0.4, -0.2) is 20.4 Å². The van der Waals surface area contributed by atoms with Crippen LogP contribution < -0.4 is 0 Å². The SMILES string of the molecule is OC(O)c1[nH]nc2cc(Cl)c(-c3ccc4c(c3)CCC4)cc12. The predicted octanol–water partition coefficient (Wildman–Crippen LogP) is 3.36. The van der Waals surface area contributed by atoms with Gasteiger partial charge in [0.05, 0.1) is 16.2 Å². The number of benzene rings is 2. The zero-order chi connectivity index (χ0) is 15.3. The second-order valence-electron chi connectivity index (χ2n) is 5.70. The molecule has 22 heavy (non-hydrogen) atoms. The topological polar surface area (TPSA) is 69.1 Å². The van der Waals surface area contributed by atoms with Crippen molar-refractivity contribution in [2.75, 3.05) is 0 Å². The molecule has 2 aromatic carbocycles. The summed E-state index contributed by atoms with van der Waals surface area (Å²) in [5.74, 6) is 0. The summed E-state index contributed by atoms with van der Waals surface area (Å²) in [6, 6.07) is 10.0. The maximum absolute atomic E-state index is 9.42. The Labute approximate surface area is 132 Å². The maximum atomic E-state index is 9.42. The van der Waals surface area contributed by atoms with Gasteiger partial charge in [-0.25, -0.2) is 0 Å². The van der Waals surface area contributed by atoms with Crippen molar-refractivity contribution in [2.24, 2.45) is 0 Å². The number of hydrogen-bond donors (Lipinski definition) is 3. The summed E-state index contributed by atoms with van der Waals surface area (Å²) in [4.78, 5) is 0. The Morgan fingerprint density at radius 2 is 1.91 bits per heavy atom. The summed E-state index contributed by atoms with van der Waals surface area (Å²) in [5, 5.41) is 26.8. The van der Waals surface area contributed by atoms with E-state index < -0.39 is 6.29 Å². The van der Waals surface area contributed by atoms with Gasteiger partial charge in [-0.2, -0.15) is 5.10 Å². The van der Waals surface area contributed by atoms with Crippen LogP contribution in [-0.2, 0) is 12.8 Å². The van der Waals surface area contributed by atoms with Gasteiger partial charge in [0.15, 0.2) is 6.29 Å². The highest BCUT2D eigenvalue weighted by atomic mass is 35.5. The molecule has 0 unspecified atom stereocenters. The van der Waals surface area contributed by atoms with Crippen LogP contribution in [0.4, 0.5) is 0 Å². The Morgan fingerprint density at radius 1 is 1.09 bits per heavy atom. The average molecular weight is 315 g/mol. The Kier molecular flexibility index (Phi) is 3.18. The molecular formula is C17H15ClN2O2. The van der Waals surface area contributed by atoms with Gasteiger partial charge in [-0.1, -0.05) is 29.8 Å². The van der Waals surface area contributed by atoms with E-state index in [1.807, 2.05) is 6.07 Å². The first-order chi connectivity index (χ1) is 10.6. The number of aromatic amines is 1. The number of halogens is 1. The van der Waals surface area contributed by atoms with E-state index in [9.17, 15) is 10.2 Å². The first-order valence-corrected chi connectivity index (χ1v) is 7.67. The number of fused-ring (bicyclic) bond motifs is 2. The van der Waals surface area contributed by atoms with Crippen LogP contribution in [0.2, 0.25) is 5.02 Å². The van der Waals surface area contributed by atoms with Gasteiger partial charge in [0, 0.05) is 10.9 Å². The average Bonchev–Trinajstić information content (AvgIpc) is 3.11. The van der Waals surface area contributed by atoms with Gasteiger partial charge in [-0.05, 0) is 48.1 Å². The highest BCUT2D eigenvalue weighted by Gasteiger charge is 2.17. The van der Waals surface area contributed by atoms with Crippen LogP contribution >= 0.6 is 11.6 Å². The minimum Gasteiger partial charge on any atom is -0.363 e. The summed E-state index contributed by atoms with van der Waals surface area (Å²) < 4.78 is 0. The molecular weight excluding hydrogens is 300 g/mol. The lowest BCUT2D eigenvalue weighted by Gasteiger charge is -2.08. The lowest BCUT2D eigenvalue weighted by molar-refractivity contribution is -0.0447. The lowest BCUT2D eigenvalue weighted by Crippen LogP contribution is -1.95. The Morgan fingerprint density at radius 3 is 2.73 bits per heavy atom. The van der Waals surface area contributed by atoms with E-state index in [1.165, 1.54) is 17.5 Å². The number of aryl methyl sites for hydroxylation is 2. The second-order valence-corrected chi connectivity index (χ2v) is 6.10. The highest BCUT2D eigenvalue weighted by molar-refractivity contribution is 6.34. The van der Waals surface area contributed by atoms with Gasteiger partial charge < -0.3 is 10.2 Å². The number of H-pyrrole nitrogens is 1. The van der Waals surface area contributed by atoms with Crippen LogP contribution in [0, 0.1) is 0 Å². The molecule has 0 radical (unpaired) electrons. The smallest absolute Gasteiger partial charge is 0.196 e. The summed E-state index contributed by atoms with van der Waals surface area (Å²) in [7, 11) is 0. The monoisotopic (exact) mass is 314 g/mol. The highest BCUT2D eigenvalue weighted by Crippen LogP contribution is 2.35. The van der Waals surface area contributed by atoms with E-state index in [0.717, 1.165) is 24.0 Å². The molecule has 3 aromatic rings.